The number of urea groups is 1. The van der Waals surface area contributed by atoms with Crippen LogP contribution in [0.15, 0.2) is 36.4 Å². The lowest BCUT2D eigenvalue weighted by molar-refractivity contribution is -0.143. The number of rotatable bonds is 4. The number of nitrogens with one attached hydrogen (secondary N) is 2. The van der Waals surface area contributed by atoms with Crippen molar-refractivity contribution in [3.05, 3.63) is 64.5 Å². The van der Waals surface area contributed by atoms with Gasteiger partial charge >= 0.3 is 18.3 Å². The minimum Gasteiger partial charge on any atom is -0.427 e. The van der Waals surface area contributed by atoms with Crippen molar-refractivity contribution in [2.75, 3.05) is 25.5 Å². The van der Waals surface area contributed by atoms with Gasteiger partial charge < -0.3 is 20.3 Å². The van der Waals surface area contributed by atoms with Crippen molar-refractivity contribution >= 4 is 29.6 Å². The van der Waals surface area contributed by atoms with Crippen LogP contribution in [-0.2, 0) is 32.5 Å². The molecule has 2 aromatic carbocycles. The van der Waals surface area contributed by atoms with Crippen LogP contribution >= 0.6 is 0 Å². The summed E-state index contributed by atoms with van der Waals surface area (Å²) in [6.45, 7) is -0.589. The van der Waals surface area contributed by atoms with E-state index in [1.807, 2.05) is 0 Å². The second-order valence-electron chi connectivity index (χ2n) is 9.64. The van der Waals surface area contributed by atoms with Crippen molar-refractivity contribution in [2.45, 2.75) is 43.5 Å². The monoisotopic (exact) mass is 548 g/mol. The molecule has 0 radical (unpaired) electrons. The first-order chi connectivity index (χ1) is 18.4. The van der Waals surface area contributed by atoms with Gasteiger partial charge in [0.15, 0.2) is 0 Å². The van der Waals surface area contributed by atoms with Gasteiger partial charge in [0.25, 0.3) is 5.91 Å². The number of carbonyl (C=O) groups excluding carboxylic acids is 4. The smallest absolute Gasteiger partial charge is 0.418 e. The molecule has 2 atom stereocenters. The average Bonchev–Trinajstić information content (AvgIpc) is 3.57. The second kappa shape index (κ2) is 9.54. The zero-order chi connectivity index (χ0) is 28.1. The van der Waals surface area contributed by atoms with Crippen LogP contribution in [0.5, 0.6) is 0 Å². The number of amides is 5. The first-order valence-corrected chi connectivity index (χ1v) is 12.3. The van der Waals surface area contributed by atoms with Crippen LogP contribution in [0.3, 0.4) is 0 Å². The molecule has 2 saturated heterocycles. The molecule has 2 aliphatic heterocycles. The largest absolute Gasteiger partial charge is 0.427 e. The van der Waals surface area contributed by atoms with Crippen molar-refractivity contribution in [3.63, 3.8) is 0 Å². The molecule has 0 saturated carbocycles. The van der Waals surface area contributed by atoms with Crippen molar-refractivity contribution in [1.29, 1.82) is 0 Å². The standard InChI is InChI=1S/C26H24F4N4O5/c1-31-23(37)32-16-5-7-18-14(11-16)8-9-25(18)22(36)34(24(38)39-25)13-21(35)33-10-2-3-20(33)17-6-4-15(27)12-19(17)26(28,29)30/h4-7,11-12,20H,2-3,8-10,13H2,1H3,(H2,31,32,37)/t20-,25?/m1/s1. The number of carbonyl (C=O) groups is 4. The van der Waals surface area contributed by atoms with Gasteiger partial charge in [-0.15, -0.1) is 0 Å². The van der Waals surface area contributed by atoms with Crippen LogP contribution in [-0.4, -0.2) is 53.9 Å². The first kappa shape index (κ1) is 26.4. The third kappa shape index (κ3) is 4.55. The number of hydrogen-bond donors (Lipinski definition) is 2. The Labute approximate surface area is 220 Å². The summed E-state index contributed by atoms with van der Waals surface area (Å²) >= 11 is 0. The molecule has 3 aliphatic rings. The topological polar surface area (TPSA) is 108 Å². The van der Waals surface area contributed by atoms with Gasteiger partial charge in [0.1, 0.15) is 12.4 Å². The number of fused-ring (bicyclic) bond motifs is 2. The predicted molar refractivity (Wildman–Crippen MR) is 128 cm³/mol. The maximum Gasteiger partial charge on any atom is 0.418 e. The Kier molecular flexibility index (Phi) is 6.47. The molecule has 0 aromatic heterocycles. The van der Waals surface area contributed by atoms with Crippen LogP contribution in [0.1, 0.15) is 47.6 Å². The van der Waals surface area contributed by atoms with Crippen LogP contribution in [0.4, 0.5) is 32.8 Å². The number of anilines is 1. The minimum absolute atomic E-state index is 0.115. The summed E-state index contributed by atoms with van der Waals surface area (Å²) in [6.07, 6.45) is -4.74. The quantitative estimate of drug-likeness (QED) is 0.560. The van der Waals surface area contributed by atoms with E-state index in [-0.39, 0.29) is 24.9 Å². The van der Waals surface area contributed by atoms with Gasteiger partial charge in [-0.2, -0.15) is 13.2 Å². The van der Waals surface area contributed by atoms with E-state index in [1.165, 1.54) is 11.9 Å². The van der Waals surface area contributed by atoms with E-state index < -0.39 is 59.7 Å². The molecular weight excluding hydrogens is 524 g/mol. The molecule has 0 bridgehead atoms. The number of benzene rings is 2. The Morgan fingerprint density at radius 2 is 1.92 bits per heavy atom. The number of imide groups is 1. The molecule has 9 nitrogen and oxygen atoms in total. The molecule has 2 heterocycles. The van der Waals surface area contributed by atoms with E-state index in [1.54, 1.807) is 18.2 Å². The van der Waals surface area contributed by atoms with E-state index in [4.69, 9.17) is 4.74 Å². The van der Waals surface area contributed by atoms with Gasteiger partial charge in [-0.05, 0) is 54.7 Å². The molecule has 2 aromatic rings. The first-order valence-electron chi connectivity index (χ1n) is 12.3. The molecule has 5 amide bonds. The Balaban J connectivity index is 1.36. The Morgan fingerprint density at radius 1 is 1.15 bits per heavy atom. The lowest BCUT2D eigenvalue weighted by Gasteiger charge is -2.28. The fraction of sp³-hybridized carbons (Fsp3) is 0.385. The number of hydrogen-bond acceptors (Lipinski definition) is 5. The maximum atomic E-state index is 13.6. The van der Waals surface area contributed by atoms with Crippen molar-refractivity contribution in [3.8, 4) is 0 Å². The molecule has 13 heteroatoms. The Morgan fingerprint density at radius 3 is 2.64 bits per heavy atom. The second-order valence-corrected chi connectivity index (χ2v) is 9.64. The van der Waals surface area contributed by atoms with Crippen LogP contribution in [0.2, 0.25) is 0 Å². The summed E-state index contributed by atoms with van der Waals surface area (Å²) in [6, 6.07) is 5.71. The highest BCUT2D eigenvalue weighted by Crippen LogP contribution is 2.46. The van der Waals surface area contributed by atoms with E-state index >= 15 is 0 Å². The lowest BCUT2D eigenvalue weighted by Crippen LogP contribution is -2.44. The molecule has 5 rings (SSSR count). The lowest BCUT2D eigenvalue weighted by atomic mass is 9.94. The van der Waals surface area contributed by atoms with Gasteiger partial charge in [0.05, 0.1) is 11.6 Å². The summed E-state index contributed by atoms with van der Waals surface area (Å²) in [7, 11) is 1.46. The summed E-state index contributed by atoms with van der Waals surface area (Å²) in [5, 5.41) is 5.05. The van der Waals surface area contributed by atoms with E-state index in [9.17, 15) is 36.7 Å². The molecule has 2 fully saturated rings. The number of halogens is 4. The van der Waals surface area contributed by atoms with Crippen molar-refractivity contribution in [2.24, 2.45) is 0 Å². The zero-order valence-corrected chi connectivity index (χ0v) is 20.7. The molecule has 206 valence electrons. The number of likely N-dealkylation sites (tertiary alicyclic amines) is 1. The van der Waals surface area contributed by atoms with Gasteiger partial charge in [-0.25, -0.2) is 18.9 Å². The fourth-order valence-corrected chi connectivity index (χ4v) is 5.60. The van der Waals surface area contributed by atoms with Gasteiger partial charge in [0, 0.05) is 31.3 Å². The molecule has 1 unspecified atom stereocenters. The Hall–Kier alpha value is -4.16. The fourth-order valence-electron chi connectivity index (χ4n) is 5.60. The van der Waals surface area contributed by atoms with Gasteiger partial charge in [0.2, 0.25) is 11.5 Å². The highest BCUT2D eigenvalue weighted by atomic mass is 19.4. The summed E-state index contributed by atoms with van der Waals surface area (Å²) in [5.41, 5.74) is -1.42. The minimum atomic E-state index is -4.83. The molecular formula is C26H24F4N4O5. The summed E-state index contributed by atoms with van der Waals surface area (Å²) in [4.78, 5) is 53.0. The predicted octanol–water partition coefficient (Wildman–Crippen LogP) is 4.08. The molecule has 1 spiro atoms. The summed E-state index contributed by atoms with van der Waals surface area (Å²) < 4.78 is 60.0. The third-order valence-corrected chi connectivity index (χ3v) is 7.39. The van der Waals surface area contributed by atoms with Crippen molar-refractivity contribution in [1.82, 2.24) is 15.1 Å². The number of nitrogens with zero attached hydrogens (tertiary/aromatic N) is 2. The number of aryl methyl sites for hydroxylation is 1. The molecule has 2 N–H and O–H groups in total. The van der Waals surface area contributed by atoms with Gasteiger partial charge in [-0.1, -0.05) is 12.1 Å². The molecule has 1 aliphatic carbocycles. The SMILES string of the molecule is CNC(=O)Nc1ccc2c(c1)CCC21OC(=O)N(CC(=O)N2CCC[C@@H]2c2ccc(F)cc2C(F)(F)F)C1=O. The highest BCUT2D eigenvalue weighted by molar-refractivity contribution is 6.06. The van der Waals surface area contributed by atoms with Gasteiger partial charge in [-0.3, -0.25) is 9.59 Å². The highest BCUT2D eigenvalue weighted by Gasteiger charge is 2.58. The van der Waals surface area contributed by atoms with Crippen LogP contribution in [0, 0.1) is 5.82 Å². The summed E-state index contributed by atoms with van der Waals surface area (Å²) in [5.74, 6) is -2.51. The number of alkyl halides is 3. The van der Waals surface area contributed by atoms with Crippen LogP contribution < -0.4 is 10.6 Å². The average molecular weight is 548 g/mol. The normalized spacial score (nSPS) is 22.3. The Bertz CT molecular complexity index is 1380. The maximum absolute atomic E-state index is 13.6. The zero-order valence-electron chi connectivity index (χ0n) is 20.7. The third-order valence-electron chi connectivity index (χ3n) is 7.39. The number of ether oxygens (including phenoxy) is 1. The van der Waals surface area contributed by atoms with Crippen molar-refractivity contribution < 1.29 is 41.5 Å². The van der Waals surface area contributed by atoms with E-state index in [2.05, 4.69) is 10.6 Å². The molecule has 39 heavy (non-hydrogen) atoms. The van der Waals surface area contributed by atoms with Crippen LogP contribution in [0.25, 0.3) is 0 Å². The van der Waals surface area contributed by atoms with E-state index in [0.717, 1.165) is 12.1 Å². The van der Waals surface area contributed by atoms with E-state index in [0.29, 0.717) is 40.6 Å².